The van der Waals surface area contributed by atoms with Gasteiger partial charge in [0, 0.05) is 23.2 Å². The topological polar surface area (TPSA) is 99.1 Å². The van der Waals surface area contributed by atoms with Gasteiger partial charge in [-0.05, 0) is 68.7 Å². The third-order valence-corrected chi connectivity index (χ3v) is 7.20. The van der Waals surface area contributed by atoms with Crippen molar-refractivity contribution in [1.82, 2.24) is 4.72 Å². The second-order valence-electron chi connectivity index (χ2n) is 7.62. The lowest BCUT2D eigenvalue weighted by Gasteiger charge is -2.23. The maximum absolute atomic E-state index is 12.4. The summed E-state index contributed by atoms with van der Waals surface area (Å²) < 4.78 is 27.3. The van der Waals surface area contributed by atoms with Gasteiger partial charge in [-0.25, -0.2) is 13.1 Å². The first-order valence-corrected chi connectivity index (χ1v) is 11.3. The number of anilines is 1. The van der Waals surface area contributed by atoms with Crippen molar-refractivity contribution in [3.63, 3.8) is 0 Å². The average molecular weight is 412 g/mol. The Morgan fingerprint density at radius 2 is 1.72 bits per heavy atom. The number of nitrogens with one attached hydrogen (secondary N) is 2. The second-order valence-corrected chi connectivity index (χ2v) is 9.89. The molecular weight excluding hydrogens is 386 g/mol. The first-order chi connectivity index (χ1) is 13.8. The highest BCUT2D eigenvalue weighted by Gasteiger charge is 2.32. The van der Waals surface area contributed by atoms with E-state index in [9.17, 15) is 13.2 Å². The summed E-state index contributed by atoms with van der Waals surface area (Å²) >= 11 is 0. The zero-order valence-electron chi connectivity index (χ0n) is 16.6. The van der Waals surface area contributed by atoms with Crippen LogP contribution in [0.25, 0.3) is 0 Å². The van der Waals surface area contributed by atoms with Crippen molar-refractivity contribution in [3.05, 3.63) is 65.2 Å². The number of nitrogens with zero attached hydrogens (tertiary/aromatic N) is 1. The van der Waals surface area contributed by atoms with Crippen LogP contribution < -0.4 is 10.0 Å². The van der Waals surface area contributed by atoms with E-state index in [0.29, 0.717) is 16.8 Å². The Kier molecular flexibility index (Phi) is 6.36. The van der Waals surface area contributed by atoms with Crippen molar-refractivity contribution >= 4 is 21.6 Å². The largest absolute Gasteiger partial charge is 0.322 e. The minimum Gasteiger partial charge on any atom is -0.322 e. The Balaban J connectivity index is 1.67. The standard InChI is InChI=1S/C22H25N3O3S/c1-15(2)29(27,28)25-21-5-3-4-20(21)17-10-12-19(13-11-17)24-22(26)18-8-6-16(14-23)7-9-18/h6-13,15,20-21,25H,3-5H2,1-2H3,(H,24,26)/t20-,21?/m1/s1. The van der Waals surface area contributed by atoms with Crippen molar-refractivity contribution in [3.8, 4) is 6.07 Å². The maximum atomic E-state index is 12.4. The Bertz CT molecular complexity index is 1010. The molecule has 0 bridgehead atoms. The zero-order chi connectivity index (χ0) is 21.0. The average Bonchev–Trinajstić information content (AvgIpc) is 3.16. The molecule has 1 unspecified atom stereocenters. The lowest BCUT2D eigenvalue weighted by molar-refractivity contribution is 0.102. The van der Waals surface area contributed by atoms with Crippen LogP contribution in [0, 0.1) is 11.3 Å². The summed E-state index contributed by atoms with van der Waals surface area (Å²) in [7, 11) is -3.31. The van der Waals surface area contributed by atoms with Crippen LogP contribution in [0.2, 0.25) is 0 Å². The Morgan fingerprint density at radius 1 is 1.07 bits per heavy atom. The van der Waals surface area contributed by atoms with Gasteiger partial charge in [0.25, 0.3) is 5.91 Å². The molecule has 7 heteroatoms. The first-order valence-electron chi connectivity index (χ1n) is 9.73. The molecule has 2 aromatic carbocycles. The molecule has 0 aliphatic heterocycles. The molecule has 1 saturated carbocycles. The number of sulfonamides is 1. The molecule has 0 radical (unpaired) electrons. The summed E-state index contributed by atoms with van der Waals surface area (Å²) in [6, 6.07) is 15.9. The molecule has 1 amide bonds. The molecule has 0 aromatic heterocycles. The van der Waals surface area contributed by atoms with Crippen LogP contribution in [0.5, 0.6) is 0 Å². The highest BCUT2D eigenvalue weighted by Crippen LogP contribution is 2.35. The van der Waals surface area contributed by atoms with Crippen LogP contribution >= 0.6 is 0 Å². The molecular formula is C22H25N3O3S. The van der Waals surface area contributed by atoms with Gasteiger partial charge in [-0.3, -0.25) is 4.79 Å². The Hall–Kier alpha value is -2.69. The van der Waals surface area contributed by atoms with Gasteiger partial charge in [0.2, 0.25) is 10.0 Å². The molecule has 152 valence electrons. The van der Waals surface area contributed by atoms with Crippen molar-refractivity contribution in [2.24, 2.45) is 0 Å². The summed E-state index contributed by atoms with van der Waals surface area (Å²) in [6.45, 7) is 3.36. The van der Waals surface area contributed by atoms with Gasteiger partial charge in [0.1, 0.15) is 0 Å². The molecule has 2 aromatic rings. The van der Waals surface area contributed by atoms with Crippen LogP contribution in [0.1, 0.15) is 60.5 Å². The van der Waals surface area contributed by atoms with E-state index in [-0.39, 0.29) is 17.9 Å². The van der Waals surface area contributed by atoms with Crippen LogP contribution in [0.4, 0.5) is 5.69 Å². The smallest absolute Gasteiger partial charge is 0.255 e. The van der Waals surface area contributed by atoms with Gasteiger partial charge in [-0.2, -0.15) is 5.26 Å². The van der Waals surface area contributed by atoms with Gasteiger partial charge in [-0.1, -0.05) is 18.6 Å². The fraction of sp³-hybridized carbons (Fsp3) is 0.364. The predicted molar refractivity (Wildman–Crippen MR) is 113 cm³/mol. The molecule has 29 heavy (non-hydrogen) atoms. The third-order valence-electron chi connectivity index (χ3n) is 5.33. The third kappa shape index (κ3) is 5.03. The van der Waals surface area contributed by atoms with Gasteiger partial charge in [0.15, 0.2) is 0 Å². The summed E-state index contributed by atoms with van der Waals surface area (Å²) in [6.07, 6.45) is 2.74. The SMILES string of the molecule is CC(C)S(=O)(=O)NC1CCC[C@@H]1c1ccc(NC(=O)c2ccc(C#N)cc2)cc1. The van der Waals surface area contributed by atoms with Crippen LogP contribution in [0.15, 0.2) is 48.5 Å². The van der Waals surface area contributed by atoms with Crippen molar-refractivity contribution in [1.29, 1.82) is 5.26 Å². The number of hydrogen-bond donors (Lipinski definition) is 2. The van der Waals surface area contributed by atoms with Crippen molar-refractivity contribution in [2.75, 3.05) is 5.32 Å². The Morgan fingerprint density at radius 3 is 2.31 bits per heavy atom. The number of benzene rings is 2. The fourth-order valence-electron chi connectivity index (χ4n) is 3.56. The fourth-order valence-corrected chi connectivity index (χ4v) is 4.54. The Labute approximate surface area is 172 Å². The molecule has 1 fully saturated rings. The molecule has 0 saturated heterocycles. The van der Waals surface area contributed by atoms with E-state index in [4.69, 9.17) is 5.26 Å². The number of carbonyl (C=O) groups excluding carboxylic acids is 1. The van der Waals surface area contributed by atoms with Crippen LogP contribution in [-0.2, 0) is 10.0 Å². The van der Waals surface area contributed by atoms with Crippen LogP contribution in [0.3, 0.4) is 0 Å². The molecule has 2 atom stereocenters. The minimum atomic E-state index is -3.31. The van der Waals surface area contributed by atoms with Crippen molar-refractivity contribution < 1.29 is 13.2 Å². The zero-order valence-corrected chi connectivity index (χ0v) is 17.4. The monoisotopic (exact) mass is 411 g/mol. The minimum absolute atomic E-state index is 0.0958. The highest BCUT2D eigenvalue weighted by atomic mass is 32.2. The molecule has 0 spiro atoms. The molecule has 1 aliphatic rings. The normalized spacial score (nSPS) is 19.1. The van der Waals surface area contributed by atoms with E-state index in [1.165, 1.54) is 0 Å². The van der Waals surface area contributed by atoms with Crippen molar-refractivity contribution in [2.45, 2.75) is 50.3 Å². The molecule has 2 N–H and O–H groups in total. The lowest BCUT2D eigenvalue weighted by Crippen LogP contribution is -2.40. The maximum Gasteiger partial charge on any atom is 0.255 e. The number of carbonyl (C=O) groups is 1. The second kappa shape index (κ2) is 8.76. The molecule has 3 rings (SSSR count). The van der Waals surface area contributed by atoms with E-state index in [1.807, 2.05) is 30.3 Å². The highest BCUT2D eigenvalue weighted by molar-refractivity contribution is 7.90. The van der Waals surface area contributed by atoms with E-state index in [1.54, 1.807) is 38.1 Å². The quantitative estimate of drug-likeness (QED) is 0.756. The summed E-state index contributed by atoms with van der Waals surface area (Å²) in [5, 5.41) is 11.2. The van der Waals surface area contributed by atoms with E-state index in [2.05, 4.69) is 10.0 Å². The van der Waals surface area contributed by atoms with Gasteiger partial charge in [-0.15, -0.1) is 0 Å². The number of hydrogen-bond acceptors (Lipinski definition) is 4. The van der Waals surface area contributed by atoms with E-state index >= 15 is 0 Å². The van der Waals surface area contributed by atoms with Crippen LogP contribution in [-0.4, -0.2) is 25.6 Å². The van der Waals surface area contributed by atoms with Gasteiger partial charge in [0.05, 0.1) is 16.9 Å². The molecule has 6 nitrogen and oxygen atoms in total. The summed E-state index contributed by atoms with van der Waals surface area (Å²) in [5.41, 5.74) is 2.72. The first kappa shape index (κ1) is 21.0. The number of nitriles is 1. The van der Waals surface area contributed by atoms with E-state index < -0.39 is 15.3 Å². The summed E-state index contributed by atoms with van der Waals surface area (Å²) in [4.78, 5) is 12.4. The number of rotatable bonds is 6. The van der Waals surface area contributed by atoms with Gasteiger partial charge < -0.3 is 5.32 Å². The molecule has 1 aliphatic carbocycles. The lowest BCUT2D eigenvalue weighted by atomic mass is 9.94. The van der Waals surface area contributed by atoms with E-state index in [0.717, 1.165) is 24.8 Å². The number of amides is 1. The van der Waals surface area contributed by atoms with Gasteiger partial charge >= 0.3 is 0 Å². The predicted octanol–water partition coefficient (Wildman–Crippen LogP) is 3.77. The molecule has 0 heterocycles. The summed E-state index contributed by atoms with van der Waals surface area (Å²) in [5.74, 6) is -0.113.